The third-order valence-electron chi connectivity index (χ3n) is 1.67. The second-order valence-corrected chi connectivity index (χ2v) is 2.62. The molecule has 0 aliphatic carbocycles. The molecule has 4 nitrogen and oxygen atoms in total. The molecule has 0 amide bonds. The average Bonchev–Trinajstić information content (AvgIpc) is 2.02. The molecule has 0 atom stereocenters. The van der Waals surface area contributed by atoms with E-state index >= 15 is 0 Å². The van der Waals surface area contributed by atoms with Crippen molar-refractivity contribution in [2.75, 3.05) is 0 Å². The van der Waals surface area contributed by atoms with Gasteiger partial charge in [-0.3, -0.25) is 0 Å². The van der Waals surface area contributed by atoms with Crippen LogP contribution in [0.3, 0.4) is 0 Å². The largest absolute Gasteiger partial charge is 0.508 e. The third-order valence-corrected chi connectivity index (χ3v) is 1.67. The molecule has 1 rings (SSSR count). The van der Waals surface area contributed by atoms with E-state index in [4.69, 9.17) is 10.4 Å². The lowest BCUT2D eigenvalue weighted by Gasteiger charge is -2.05. The van der Waals surface area contributed by atoms with Crippen molar-refractivity contribution in [3.8, 4) is 23.3 Å². The summed E-state index contributed by atoms with van der Waals surface area (Å²) < 4.78 is 0. The molecule has 0 aliphatic rings. The molecule has 0 radical (unpaired) electrons. The Balaban J connectivity index is 3.00. The lowest BCUT2D eigenvalue weighted by Crippen LogP contribution is -1.86. The predicted octanol–water partition coefficient (Wildman–Crippen LogP) is 1.26. The average molecular weight is 179 g/mol. The summed E-state index contributed by atoms with van der Waals surface area (Å²) in [5.41, 5.74) is 0.291. The lowest BCUT2D eigenvalue weighted by atomic mass is 10.1. The normalized spacial score (nSPS) is 9.46. The van der Waals surface area contributed by atoms with Crippen LogP contribution in [0.5, 0.6) is 17.2 Å². The number of phenolic OH excluding ortho intramolecular Hbond substituents is 3. The second-order valence-electron chi connectivity index (χ2n) is 2.62. The Morgan fingerprint density at radius 1 is 1.15 bits per heavy atom. The van der Waals surface area contributed by atoms with Gasteiger partial charge in [0, 0.05) is 24.1 Å². The maximum atomic E-state index is 9.27. The molecule has 13 heavy (non-hydrogen) atoms. The standard InChI is InChI=1S/C9H9NO3/c10-3-1-2-7-8(12)4-6(11)5-9(7)13/h4-5,11-13H,1-2H2. The topological polar surface area (TPSA) is 84.5 Å². The quantitative estimate of drug-likeness (QED) is 0.638. The Bertz CT molecular complexity index is 331. The van der Waals surface area contributed by atoms with Crippen molar-refractivity contribution in [2.24, 2.45) is 0 Å². The van der Waals surface area contributed by atoms with E-state index in [0.717, 1.165) is 12.1 Å². The van der Waals surface area contributed by atoms with Crippen molar-refractivity contribution in [3.63, 3.8) is 0 Å². The van der Waals surface area contributed by atoms with Crippen LogP contribution in [0.4, 0.5) is 0 Å². The number of aromatic hydroxyl groups is 3. The Labute approximate surface area is 75.3 Å². The smallest absolute Gasteiger partial charge is 0.126 e. The van der Waals surface area contributed by atoms with Crippen LogP contribution in [0.2, 0.25) is 0 Å². The molecule has 0 aromatic heterocycles. The van der Waals surface area contributed by atoms with Gasteiger partial charge in [0.1, 0.15) is 17.2 Å². The predicted molar refractivity (Wildman–Crippen MR) is 45.4 cm³/mol. The fourth-order valence-electron chi connectivity index (χ4n) is 1.06. The van der Waals surface area contributed by atoms with Gasteiger partial charge in [-0.15, -0.1) is 0 Å². The summed E-state index contributed by atoms with van der Waals surface area (Å²) in [6, 6.07) is 4.16. The molecule has 0 heterocycles. The molecule has 0 fully saturated rings. The fourth-order valence-corrected chi connectivity index (χ4v) is 1.06. The zero-order chi connectivity index (χ0) is 9.84. The number of nitriles is 1. The molecule has 1 aromatic carbocycles. The summed E-state index contributed by atoms with van der Waals surface area (Å²) in [6.45, 7) is 0. The first kappa shape index (κ1) is 9.20. The molecule has 0 aliphatic heterocycles. The first-order chi connectivity index (χ1) is 6.15. The number of rotatable bonds is 2. The third kappa shape index (κ3) is 2.03. The summed E-state index contributed by atoms with van der Waals surface area (Å²) in [5.74, 6) is -0.573. The minimum atomic E-state index is -0.198. The highest BCUT2D eigenvalue weighted by atomic mass is 16.3. The minimum absolute atomic E-state index is 0.187. The van der Waals surface area contributed by atoms with E-state index in [2.05, 4.69) is 0 Å². The van der Waals surface area contributed by atoms with Gasteiger partial charge in [0.05, 0.1) is 6.07 Å². The molecule has 0 spiro atoms. The molecule has 0 bridgehead atoms. The molecule has 68 valence electrons. The van der Waals surface area contributed by atoms with E-state index in [0.29, 0.717) is 5.56 Å². The van der Waals surface area contributed by atoms with Gasteiger partial charge in [-0.1, -0.05) is 0 Å². The van der Waals surface area contributed by atoms with Crippen LogP contribution in [-0.4, -0.2) is 15.3 Å². The minimum Gasteiger partial charge on any atom is -0.508 e. The fraction of sp³-hybridized carbons (Fsp3) is 0.222. The van der Waals surface area contributed by atoms with Gasteiger partial charge in [0.2, 0.25) is 0 Å². The summed E-state index contributed by atoms with van der Waals surface area (Å²) in [6.07, 6.45) is 0.486. The van der Waals surface area contributed by atoms with Crippen LogP contribution in [0.25, 0.3) is 0 Å². The van der Waals surface area contributed by atoms with Crippen molar-refractivity contribution in [2.45, 2.75) is 12.8 Å². The van der Waals surface area contributed by atoms with Crippen molar-refractivity contribution < 1.29 is 15.3 Å². The number of phenols is 3. The van der Waals surface area contributed by atoms with E-state index in [1.807, 2.05) is 6.07 Å². The lowest BCUT2D eigenvalue weighted by molar-refractivity contribution is 0.419. The molecular weight excluding hydrogens is 170 g/mol. The zero-order valence-electron chi connectivity index (χ0n) is 6.86. The summed E-state index contributed by atoms with van der Waals surface area (Å²) in [4.78, 5) is 0. The first-order valence-electron chi connectivity index (χ1n) is 3.76. The van der Waals surface area contributed by atoms with Crippen LogP contribution >= 0.6 is 0 Å². The molecule has 0 saturated heterocycles. The summed E-state index contributed by atoms with van der Waals surface area (Å²) in [5, 5.41) is 35.8. The summed E-state index contributed by atoms with van der Waals surface area (Å²) in [7, 11) is 0. The van der Waals surface area contributed by atoms with Crippen molar-refractivity contribution in [1.82, 2.24) is 0 Å². The van der Waals surface area contributed by atoms with Gasteiger partial charge in [0.15, 0.2) is 0 Å². The number of nitrogens with zero attached hydrogens (tertiary/aromatic N) is 1. The molecule has 4 heteroatoms. The Morgan fingerprint density at radius 2 is 1.69 bits per heavy atom. The molecule has 3 N–H and O–H groups in total. The first-order valence-corrected chi connectivity index (χ1v) is 3.76. The number of benzene rings is 1. The van der Waals surface area contributed by atoms with Crippen LogP contribution < -0.4 is 0 Å². The van der Waals surface area contributed by atoms with E-state index < -0.39 is 0 Å². The zero-order valence-corrected chi connectivity index (χ0v) is 6.86. The monoisotopic (exact) mass is 179 g/mol. The number of hydrogen-bond acceptors (Lipinski definition) is 4. The maximum Gasteiger partial charge on any atom is 0.126 e. The van der Waals surface area contributed by atoms with Crippen molar-refractivity contribution >= 4 is 0 Å². The van der Waals surface area contributed by atoms with E-state index in [9.17, 15) is 10.2 Å². The number of hydrogen-bond donors (Lipinski definition) is 3. The highest BCUT2D eigenvalue weighted by Gasteiger charge is 2.08. The van der Waals surface area contributed by atoms with E-state index in [1.165, 1.54) is 0 Å². The van der Waals surface area contributed by atoms with Crippen LogP contribution in [0.15, 0.2) is 12.1 Å². The second kappa shape index (κ2) is 3.68. The molecule has 0 saturated carbocycles. The van der Waals surface area contributed by atoms with Gasteiger partial charge >= 0.3 is 0 Å². The van der Waals surface area contributed by atoms with Crippen molar-refractivity contribution in [1.29, 1.82) is 5.26 Å². The summed E-state index contributed by atoms with van der Waals surface area (Å²) >= 11 is 0. The Morgan fingerprint density at radius 3 is 2.15 bits per heavy atom. The van der Waals surface area contributed by atoms with Gasteiger partial charge in [-0.2, -0.15) is 5.26 Å². The van der Waals surface area contributed by atoms with Crippen LogP contribution in [0.1, 0.15) is 12.0 Å². The maximum absolute atomic E-state index is 9.27. The SMILES string of the molecule is N#CCCc1c(O)cc(O)cc1O. The Hall–Kier alpha value is -1.89. The molecule has 1 aromatic rings. The van der Waals surface area contributed by atoms with Crippen LogP contribution in [-0.2, 0) is 6.42 Å². The van der Waals surface area contributed by atoms with E-state index in [1.54, 1.807) is 0 Å². The van der Waals surface area contributed by atoms with Crippen LogP contribution in [0, 0.1) is 11.3 Å². The van der Waals surface area contributed by atoms with Gasteiger partial charge in [-0.05, 0) is 6.42 Å². The van der Waals surface area contributed by atoms with Gasteiger partial charge in [0.25, 0.3) is 0 Å². The van der Waals surface area contributed by atoms with Gasteiger partial charge < -0.3 is 15.3 Å². The highest BCUT2D eigenvalue weighted by molar-refractivity contribution is 5.48. The molecule has 0 unspecified atom stereocenters. The molecular formula is C9H9NO3. The highest BCUT2D eigenvalue weighted by Crippen LogP contribution is 2.32. The van der Waals surface area contributed by atoms with Crippen molar-refractivity contribution in [3.05, 3.63) is 17.7 Å². The van der Waals surface area contributed by atoms with E-state index in [-0.39, 0.29) is 30.1 Å². The Kier molecular flexibility index (Phi) is 2.60. The van der Waals surface area contributed by atoms with Gasteiger partial charge in [-0.25, -0.2) is 0 Å².